The summed E-state index contributed by atoms with van der Waals surface area (Å²) in [5.74, 6) is 2.17. The number of rotatable bonds is 7. The fraction of sp³-hybridized carbons (Fsp3) is 0.562. The van der Waals surface area contributed by atoms with Crippen molar-refractivity contribution < 1.29 is 0 Å². The Bertz CT molecular complexity index is 960. The largest absolute Gasteiger partial charge is 0.371 e. The van der Waals surface area contributed by atoms with Gasteiger partial charge in [-0.2, -0.15) is 0 Å². The molecule has 2 aromatic rings. The molecule has 178 valence electrons. The van der Waals surface area contributed by atoms with Gasteiger partial charge in [0.15, 0.2) is 0 Å². The van der Waals surface area contributed by atoms with Crippen molar-refractivity contribution in [2.45, 2.75) is 85.5 Å². The minimum atomic E-state index is 0.467. The van der Waals surface area contributed by atoms with E-state index in [0.29, 0.717) is 11.3 Å². The van der Waals surface area contributed by atoms with Crippen LogP contribution in [0.2, 0.25) is 0 Å². The summed E-state index contributed by atoms with van der Waals surface area (Å²) >= 11 is 0. The number of hydrogen-bond donors (Lipinski definition) is 0. The van der Waals surface area contributed by atoms with E-state index in [2.05, 4.69) is 88.6 Å². The number of benzene rings is 2. The van der Waals surface area contributed by atoms with Crippen molar-refractivity contribution in [1.82, 2.24) is 4.90 Å². The second kappa shape index (κ2) is 10.1. The van der Waals surface area contributed by atoms with Crippen LogP contribution in [0.25, 0.3) is 5.70 Å². The molecule has 1 spiro atoms. The van der Waals surface area contributed by atoms with Crippen LogP contribution in [-0.2, 0) is 19.3 Å². The number of fused-ring (bicyclic) bond motifs is 1. The first kappa shape index (κ1) is 24.1. The first-order chi connectivity index (χ1) is 15.9. The maximum absolute atomic E-state index is 4.57. The number of piperidine rings is 1. The Morgan fingerprint density at radius 2 is 1.76 bits per heavy atom. The van der Waals surface area contributed by atoms with Crippen LogP contribution in [0.5, 0.6) is 0 Å². The van der Waals surface area contributed by atoms with Crippen molar-refractivity contribution in [2.24, 2.45) is 17.3 Å². The van der Waals surface area contributed by atoms with E-state index in [9.17, 15) is 0 Å². The van der Waals surface area contributed by atoms with Crippen LogP contribution in [0.15, 0.2) is 49.0 Å². The van der Waals surface area contributed by atoms with E-state index in [0.717, 1.165) is 31.3 Å². The van der Waals surface area contributed by atoms with Gasteiger partial charge in [-0.25, -0.2) is 0 Å². The molecule has 2 unspecified atom stereocenters. The number of likely N-dealkylation sites (tertiary alicyclic amines) is 1. The van der Waals surface area contributed by atoms with Gasteiger partial charge in [0.25, 0.3) is 0 Å². The van der Waals surface area contributed by atoms with Gasteiger partial charge in [-0.05, 0) is 95.6 Å². The first-order valence-electron chi connectivity index (χ1n) is 13.5. The van der Waals surface area contributed by atoms with Gasteiger partial charge in [0, 0.05) is 18.8 Å². The molecule has 1 saturated heterocycles. The van der Waals surface area contributed by atoms with E-state index >= 15 is 0 Å². The fourth-order valence-corrected chi connectivity index (χ4v) is 6.49. The second-order valence-corrected chi connectivity index (χ2v) is 11.4. The van der Waals surface area contributed by atoms with Crippen LogP contribution >= 0.6 is 0 Å². The van der Waals surface area contributed by atoms with Gasteiger partial charge in [0.2, 0.25) is 0 Å². The molecule has 4 rings (SSSR count). The zero-order chi connectivity index (χ0) is 23.6. The van der Waals surface area contributed by atoms with Gasteiger partial charge < -0.3 is 4.90 Å². The van der Waals surface area contributed by atoms with E-state index in [4.69, 9.17) is 0 Å². The van der Waals surface area contributed by atoms with Crippen molar-refractivity contribution in [3.8, 4) is 0 Å². The van der Waals surface area contributed by atoms with E-state index in [1.54, 1.807) is 11.1 Å². The minimum absolute atomic E-state index is 0.467. The maximum Gasteiger partial charge on any atom is 0.0366 e. The molecule has 0 bridgehead atoms. The lowest BCUT2D eigenvalue weighted by atomic mass is 9.60. The van der Waals surface area contributed by atoms with E-state index in [1.165, 1.54) is 60.9 Å². The summed E-state index contributed by atoms with van der Waals surface area (Å²) < 4.78 is 0. The van der Waals surface area contributed by atoms with Crippen LogP contribution in [0.4, 0.5) is 0 Å². The molecule has 1 nitrogen and oxygen atoms in total. The monoisotopic (exact) mass is 443 g/mol. The summed E-state index contributed by atoms with van der Waals surface area (Å²) in [5, 5.41) is 0. The maximum atomic E-state index is 4.57. The molecular formula is C32H45N. The van der Waals surface area contributed by atoms with Gasteiger partial charge in [-0.1, -0.05) is 84.0 Å². The third kappa shape index (κ3) is 5.08. The summed E-state index contributed by atoms with van der Waals surface area (Å²) in [5.41, 5.74) is 9.28. The van der Waals surface area contributed by atoms with E-state index in [1.807, 2.05) is 0 Å². The first-order valence-corrected chi connectivity index (χ1v) is 13.5. The summed E-state index contributed by atoms with van der Waals surface area (Å²) in [6.07, 6.45) is 8.75. The fourth-order valence-electron chi connectivity index (χ4n) is 6.49. The van der Waals surface area contributed by atoms with Crippen molar-refractivity contribution in [3.63, 3.8) is 0 Å². The van der Waals surface area contributed by atoms with Crippen molar-refractivity contribution in [2.75, 3.05) is 13.1 Å². The Morgan fingerprint density at radius 3 is 2.42 bits per heavy atom. The topological polar surface area (TPSA) is 3.24 Å². The van der Waals surface area contributed by atoms with Crippen molar-refractivity contribution in [3.05, 3.63) is 76.9 Å². The number of aryl methyl sites for hydroxylation is 1. The molecule has 2 atom stereocenters. The predicted molar refractivity (Wildman–Crippen MR) is 144 cm³/mol. The zero-order valence-corrected chi connectivity index (χ0v) is 21.8. The quantitative estimate of drug-likeness (QED) is 0.416. The Hall–Kier alpha value is -2.02. The Kier molecular flexibility index (Phi) is 7.37. The van der Waals surface area contributed by atoms with Crippen molar-refractivity contribution in [1.29, 1.82) is 0 Å². The standard InChI is InChI=1S/C32H45N/c1-7-24(5)31-22-32(21-29-11-9-10-12-30(29)31)15-17-33(18-16-32)25(6)27-13-14-28(19-23(3)4)26(8-2)20-27/h9-14,20,23-24,31H,6-8,15-19,21-22H2,1-5H3. The van der Waals surface area contributed by atoms with Gasteiger partial charge in [0.05, 0.1) is 0 Å². The molecule has 1 heteroatoms. The molecule has 0 saturated carbocycles. The van der Waals surface area contributed by atoms with Crippen LogP contribution in [0, 0.1) is 17.3 Å². The van der Waals surface area contributed by atoms with Crippen molar-refractivity contribution >= 4 is 5.70 Å². The minimum Gasteiger partial charge on any atom is -0.371 e. The molecular weight excluding hydrogens is 398 g/mol. The van der Waals surface area contributed by atoms with Crippen LogP contribution in [-0.4, -0.2) is 18.0 Å². The molecule has 0 amide bonds. The smallest absolute Gasteiger partial charge is 0.0366 e. The van der Waals surface area contributed by atoms with Gasteiger partial charge in [-0.3, -0.25) is 0 Å². The zero-order valence-electron chi connectivity index (χ0n) is 21.8. The Morgan fingerprint density at radius 1 is 1.03 bits per heavy atom. The summed E-state index contributed by atoms with van der Waals surface area (Å²) in [4.78, 5) is 2.57. The summed E-state index contributed by atoms with van der Waals surface area (Å²) in [6.45, 7) is 18.6. The lowest BCUT2D eigenvalue weighted by Crippen LogP contribution is -2.43. The molecule has 1 fully saturated rings. The third-order valence-electron chi connectivity index (χ3n) is 8.76. The normalized spacial score (nSPS) is 20.7. The van der Waals surface area contributed by atoms with Crippen LogP contribution < -0.4 is 0 Å². The van der Waals surface area contributed by atoms with E-state index < -0.39 is 0 Å². The highest BCUT2D eigenvalue weighted by Crippen LogP contribution is 2.51. The van der Waals surface area contributed by atoms with Gasteiger partial charge >= 0.3 is 0 Å². The number of nitrogens with zero attached hydrogens (tertiary/aromatic N) is 1. The SMILES string of the molecule is C=C(c1ccc(CC(C)C)c(CC)c1)N1CCC2(CC1)Cc1ccccc1C(C(C)CC)C2. The molecule has 1 aliphatic heterocycles. The third-order valence-corrected chi connectivity index (χ3v) is 8.76. The lowest BCUT2D eigenvalue weighted by molar-refractivity contribution is 0.100. The molecule has 33 heavy (non-hydrogen) atoms. The second-order valence-electron chi connectivity index (χ2n) is 11.4. The molecule has 0 aromatic heterocycles. The molecule has 1 heterocycles. The molecule has 1 aliphatic carbocycles. The van der Waals surface area contributed by atoms with Gasteiger partial charge in [0.1, 0.15) is 0 Å². The predicted octanol–water partition coefficient (Wildman–Crippen LogP) is 8.28. The summed E-state index contributed by atoms with van der Waals surface area (Å²) in [7, 11) is 0. The molecule has 0 radical (unpaired) electrons. The van der Waals surface area contributed by atoms with Crippen LogP contribution in [0.3, 0.4) is 0 Å². The summed E-state index contributed by atoms with van der Waals surface area (Å²) in [6, 6.07) is 16.4. The highest BCUT2D eigenvalue weighted by Gasteiger charge is 2.42. The average Bonchev–Trinajstić information content (AvgIpc) is 2.83. The Labute approximate surface area is 203 Å². The average molecular weight is 444 g/mol. The molecule has 0 N–H and O–H groups in total. The van der Waals surface area contributed by atoms with Crippen LogP contribution in [0.1, 0.15) is 94.0 Å². The molecule has 2 aliphatic rings. The number of hydrogen-bond acceptors (Lipinski definition) is 1. The Balaban J connectivity index is 1.48. The van der Waals surface area contributed by atoms with Gasteiger partial charge in [-0.15, -0.1) is 0 Å². The lowest BCUT2D eigenvalue weighted by Gasteiger charge is -2.49. The van der Waals surface area contributed by atoms with E-state index in [-0.39, 0.29) is 0 Å². The molecule has 2 aromatic carbocycles. The highest BCUT2D eigenvalue weighted by atomic mass is 15.1. The highest BCUT2D eigenvalue weighted by molar-refractivity contribution is 5.63.